The van der Waals surface area contributed by atoms with E-state index in [4.69, 9.17) is 25.8 Å². The summed E-state index contributed by atoms with van der Waals surface area (Å²) in [6, 6.07) is 7.30. The lowest BCUT2D eigenvalue weighted by atomic mass is 10.2. The van der Waals surface area contributed by atoms with Crippen molar-refractivity contribution in [1.29, 1.82) is 0 Å². The van der Waals surface area contributed by atoms with Crippen LogP contribution in [-0.4, -0.2) is 46.0 Å². The monoisotopic (exact) mass is 497 g/mol. The number of sulfonamides is 1. The molecule has 0 saturated heterocycles. The quantitative estimate of drug-likeness (QED) is 0.399. The van der Waals surface area contributed by atoms with Crippen molar-refractivity contribution < 1.29 is 27.0 Å². The Bertz CT molecular complexity index is 1280. The van der Waals surface area contributed by atoms with Gasteiger partial charge in [-0.1, -0.05) is 11.6 Å². The van der Waals surface area contributed by atoms with Gasteiger partial charge in [0.05, 0.1) is 50.8 Å². The molecule has 33 heavy (non-hydrogen) atoms. The molecule has 0 aliphatic heterocycles. The number of hydrogen-bond acceptors (Lipinski definition) is 9. The molecule has 1 aromatic heterocycles. The van der Waals surface area contributed by atoms with E-state index in [1.165, 1.54) is 45.7 Å². The third-order valence-corrected chi connectivity index (χ3v) is 5.11. The van der Waals surface area contributed by atoms with E-state index < -0.39 is 15.8 Å². The number of nitrogens with zero attached hydrogens (tertiary/aromatic N) is 2. The van der Waals surface area contributed by atoms with E-state index in [9.17, 15) is 12.8 Å². The Morgan fingerprint density at radius 1 is 0.939 bits per heavy atom. The van der Waals surface area contributed by atoms with Crippen LogP contribution >= 0.6 is 11.6 Å². The Hall–Kier alpha value is -3.51. The van der Waals surface area contributed by atoms with E-state index >= 15 is 0 Å². The highest BCUT2D eigenvalue weighted by molar-refractivity contribution is 7.92. The molecule has 176 valence electrons. The first kappa shape index (κ1) is 24.1. The smallest absolute Gasteiger partial charge is 0.229 e. The van der Waals surface area contributed by atoms with Crippen LogP contribution in [0.2, 0.25) is 5.02 Å². The van der Waals surface area contributed by atoms with Crippen LogP contribution < -0.4 is 29.6 Å². The van der Waals surface area contributed by atoms with Gasteiger partial charge in [0.2, 0.25) is 16.0 Å². The summed E-state index contributed by atoms with van der Waals surface area (Å²) in [5.41, 5.74) is 0.841. The van der Waals surface area contributed by atoms with E-state index in [2.05, 4.69) is 25.3 Å². The summed E-state index contributed by atoms with van der Waals surface area (Å²) in [4.78, 5) is 8.41. The summed E-state index contributed by atoms with van der Waals surface area (Å²) in [5, 5.41) is 6.00. The highest BCUT2D eigenvalue weighted by atomic mass is 35.5. The zero-order valence-corrected chi connectivity index (χ0v) is 19.6. The molecule has 0 aliphatic rings. The maximum atomic E-state index is 14.2. The second-order valence-corrected chi connectivity index (χ2v) is 8.77. The second-order valence-electron chi connectivity index (χ2n) is 6.61. The number of methoxy groups -OCH3 is 3. The predicted molar refractivity (Wildman–Crippen MR) is 125 cm³/mol. The Morgan fingerprint density at radius 2 is 1.67 bits per heavy atom. The minimum atomic E-state index is -3.58. The lowest BCUT2D eigenvalue weighted by Gasteiger charge is -2.16. The first-order chi connectivity index (χ1) is 15.6. The van der Waals surface area contributed by atoms with Crippen LogP contribution in [0.25, 0.3) is 0 Å². The van der Waals surface area contributed by atoms with E-state index in [1.807, 2.05) is 0 Å². The Labute approximate surface area is 195 Å². The minimum absolute atomic E-state index is 0.0159. The summed E-state index contributed by atoms with van der Waals surface area (Å²) >= 11 is 6.24. The Kier molecular flexibility index (Phi) is 7.29. The van der Waals surface area contributed by atoms with Crippen LogP contribution in [0.4, 0.5) is 33.2 Å². The lowest BCUT2D eigenvalue weighted by Crippen LogP contribution is -2.11. The number of hydrogen-bond donors (Lipinski definition) is 3. The molecule has 2 aromatic carbocycles. The van der Waals surface area contributed by atoms with Crippen molar-refractivity contribution in [2.75, 3.05) is 42.9 Å². The first-order valence-corrected chi connectivity index (χ1v) is 11.5. The average Bonchev–Trinajstić information content (AvgIpc) is 2.76. The van der Waals surface area contributed by atoms with Crippen molar-refractivity contribution in [3.63, 3.8) is 0 Å². The molecule has 0 spiro atoms. The zero-order chi connectivity index (χ0) is 24.2. The maximum Gasteiger partial charge on any atom is 0.229 e. The maximum absolute atomic E-state index is 14.2. The first-order valence-electron chi connectivity index (χ1n) is 9.27. The number of benzene rings is 2. The molecule has 0 saturated carbocycles. The molecule has 10 nitrogen and oxygen atoms in total. The second kappa shape index (κ2) is 9.96. The minimum Gasteiger partial charge on any atom is -0.497 e. The summed E-state index contributed by atoms with van der Waals surface area (Å²) in [6.45, 7) is 0. The van der Waals surface area contributed by atoms with Crippen LogP contribution in [-0.2, 0) is 10.0 Å². The average molecular weight is 498 g/mol. The summed E-state index contributed by atoms with van der Waals surface area (Å²) in [7, 11) is 0.652. The number of aromatic nitrogens is 2. The summed E-state index contributed by atoms with van der Waals surface area (Å²) < 4.78 is 55.5. The number of rotatable bonds is 9. The predicted octanol–water partition coefficient (Wildman–Crippen LogP) is 4.15. The van der Waals surface area contributed by atoms with Gasteiger partial charge in [-0.05, 0) is 12.1 Å². The molecule has 3 aromatic rings. The molecule has 0 amide bonds. The van der Waals surface area contributed by atoms with E-state index in [1.54, 1.807) is 12.1 Å². The van der Waals surface area contributed by atoms with Gasteiger partial charge in [0.1, 0.15) is 16.5 Å². The van der Waals surface area contributed by atoms with Gasteiger partial charge in [-0.2, -0.15) is 4.98 Å². The summed E-state index contributed by atoms with van der Waals surface area (Å²) in [6.07, 6.45) is 2.36. The number of nitrogens with one attached hydrogen (secondary N) is 3. The van der Waals surface area contributed by atoms with Crippen molar-refractivity contribution in [3.8, 4) is 17.2 Å². The van der Waals surface area contributed by atoms with Gasteiger partial charge in [-0.3, -0.25) is 4.72 Å². The number of ether oxygens (including phenoxy) is 3. The molecular formula is C20H21ClFN5O5S. The number of anilines is 5. The molecule has 0 aliphatic carbocycles. The summed E-state index contributed by atoms with van der Waals surface area (Å²) in [5.74, 6) is 0.400. The normalized spacial score (nSPS) is 11.0. The van der Waals surface area contributed by atoms with Gasteiger partial charge < -0.3 is 24.8 Å². The van der Waals surface area contributed by atoms with Gasteiger partial charge in [0, 0.05) is 18.2 Å². The van der Waals surface area contributed by atoms with Crippen molar-refractivity contribution in [2.24, 2.45) is 0 Å². The van der Waals surface area contributed by atoms with Gasteiger partial charge in [0.15, 0.2) is 17.4 Å². The molecule has 3 rings (SSSR count). The van der Waals surface area contributed by atoms with Gasteiger partial charge in [-0.25, -0.2) is 17.8 Å². The van der Waals surface area contributed by atoms with E-state index in [-0.39, 0.29) is 33.9 Å². The van der Waals surface area contributed by atoms with Gasteiger partial charge in [0.25, 0.3) is 0 Å². The molecular weight excluding hydrogens is 477 g/mol. The molecule has 0 radical (unpaired) electrons. The molecule has 1 heterocycles. The van der Waals surface area contributed by atoms with E-state index in [0.717, 1.165) is 6.26 Å². The van der Waals surface area contributed by atoms with Crippen molar-refractivity contribution in [1.82, 2.24) is 9.97 Å². The van der Waals surface area contributed by atoms with Crippen molar-refractivity contribution in [3.05, 3.63) is 47.4 Å². The fourth-order valence-electron chi connectivity index (χ4n) is 2.76. The lowest BCUT2D eigenvalue weighted by molar-refractivity contribution is 0.375. The topological polar surface area (TPSA) is 124 Å². The molecule has 0 atom stereocenters. The third kappa shape index (κ3) is 6.05. The molecule has 13 heteroatoms. The standard InChI is InChI=1S/C20H21ClFN5O5S/c1-30-11-5-6-14(15(7-11)27-33(4,28)29)24-19-12(21)10-23-20(26-19)25-16-8-13(22)17(31-2)9-18(16)32-3/h5-10,27H,1-4H3,(H2,23,24,25,26). The SMILES string of the molecule is COc1ccc(Nc2nc(Nc3cc(F)c(OC)cc3OC)ncc2Cl)c(NS(C)(=O)=O)c1. The largest absolute Gasteiger partial charge is 0.497 e. The molecule has 3 N–H and O–H groups in total. The highest BCUT2D eigenvalue weighted by Crippen LogP contribution is 2.35. The van der Waals surface area contributed by atoms with Gasteiger partial charge in [-0.15, -0.1) is 0 Å². The molecule has 0 bridgehead atoms. The van der Waals surface area contributed by atoms with Crippen LogP contribution in [0.3, 0.4) is 0 Å². The van der Waals surface area contributed by atoms with Crippen molar-refractivity contribution >= 4 is 50.5 Å². The fourth-order valence-corrected chi connectivity index (χ4v) is 3.47. The Morgan fingerprint density at radius 3 is 2.30 bits per heavy atom. The van der Waals surface area contributed by atoms with Gasteiger partial charge >= 0.3 is 0 Å². The third-order valence-electron chi connectivity index (χ3n) is 4.24. The van der Waals surface area contributed by atoms with Crippen LogP contribution in [0, 0.1) is 5.82 Å². The number of halogens is 2. The Balaban J connectivity index is 1.95. The van der Waals surface area contributed by atoms with Crippen LogP contribution in [0.5, 0.6) is 17.2 Å². The highest BCUT2D eigenvalue weighted by Gasteiger charge is 2.15. The van der Waals surface area contributed by atoms with E-state index in [0.29, 0.717) is 17.2 Å². The zero-order valence-electron chi connectivity index (χ0n) is 18.1. The van der Waals surface area contributed by atoms with Crippen molar-refractivity contribution in [2.45, 2.75) is 0 Å². The van der Waals surface area contributed by atoms with Crippen LogP contribution in [0.1, 0.15) is 0 Å². The molecule has 0 unspecified atom stereocenters. The molecule has 0 fully saturated rings. The fraction of sp³-hybridized carbons (Fsp3) is 0.200. The van der Waals surface area contributed by atoms with Crippen LogP contribution in [0.15, 0.2) is 36.5 Å².